The molecule has 0 radical (unpaired) electrons. The quantitative estimate of drug-likeness (QED) is 0.761. The highest BCUT2D eigenvalue weighted by atomic mass is 35.5. The van der Waals surface area contributed by atoms with Gasteiger partial charge in [-0.05, 0) is 43.7 Å². The highest BCUT2D eigenvalue weighted by Gasteiger charge is 2.32. The first-order valence-electron chi connectivity index (χ1n) is 7.78. The lowest BCUT2D eigenvalue weighted by Gasteiger charge is -2.24. The Kier molecular flexibility index (Phi) is 6.19. The van der Waals surface area contributed by atoms with Crippen LogP contribution in [0.2, 0.25) is 5.02 Å². The van der Waals surface area contributed by atoms with E-state index in [4.69, 9.17) is 11.6 Å². The molecule has 2 rings (SSSR count). The molecule has 7 heteroatoms. The summed E-state index contributed by atoms with van der Waals surface area (Å²) in [7, 11) is -3.81. The minimum absolute atomic E-state index is 0.0265. The van der Waals surface area contributed by atoms with Gasteiger partial charge in [-0.3, -0.25) is 4.79 Å². The first-order valence-corrected chi connectivity index (χ1v) is 9.87. The number of sulfone groups is 1. The standard InChI is InChI=1S/C18H19ClFNO3S/c1-3-21(16-7-5-4-6-8-16)18(22)13(2)25(23,24)12-14-9-10-15(20)11-17(14)19/h4-11,13H,3,12H2,1-2H3. The fourth-order valence-electron chi connectivity index (χ4n) is 2.43. The zero-order valence-corrected chi connectivity index (χ0v) is 15.5. The van der Waals surface area contributed by atoms with Gasteiger partial charge < -0.3 is 4.90 Å². The molecule has 1 atom stereocenters. The lowest BCUT2D eigenvalue weighted by Crippen LogP contribution is -2.42. The molecule has 0 heterocycles. The second-order valence-corrected chi connectivity index (χ2v) is 8.33. The minimum Gasteiger partial charge on any atom is -0.312 e. The lowest BCUT2D eigenvalue weighted by atomic mass is 10.2. The van der Waals surface area contributed by atoms with E-state index in [-0.39, 0.29) is 10.6 Å². The third-order valence-corrected chi connectivity index (χ3v) is 6.25. The minimum atomic E-state index is -3.81. The van der Waals surface area contributed by atoms with Crippen molar-refractivity contribution in [2.24, 2.45) is 0 Å². The van der Waals surface area contributed by atoms with E-state index in [1.807, 2.05) is 6.07 Å². The van der Waals surface area contributed by atoms with E-state index in [9.17, 15) is 17.6 Å². The molecule has 4 nitrogen and oxygen atoms in total. The third-order valence-electron chi connectivity index (χ3n) is 3.91. The number of carbonyl (C=O) groups excluding carboxylic acids is 1. The van der Waals surface area contributed by atoms with Gasteiger partial charge >= 0.3 is 0 Å². The van der Waals surface area contributed by atoms with Crippen LogP contribution in [0.3, 0.4) is 0 Å². The number of halogens is 2. The molecule has 0 fully saturated rings. The average Bonchev–Trinajstić information content (AvgIpc) is 2.58. The Hall–Kier alpha value is -1.92. The molecule has 0 aromatic heterocycles. The summed E-state index contributed by atoms with van der Waals surface area (Å²) in [6, 6.07) is 12.4. The van der Waals surface area contributed by atoms with Gasteiger partial charge in [0.15, 0.2) is 9.84 Å². The number of carbonyl (C=O) groups is 1. The van der Waals surface area contributed by atoms with Crippen molar-refractivity contribution in [3.63, 3.8) is 0 Å². The molecule has 0 spiro atoms. The maximum absolute atomic E-state index is 13.1. The monoisotopic (exact) mass is 383 g/mol. The van der Waals surface area contributed by atoms with Crippen molar-refractivity contribution in [1.82, 2.24) is 0 Å². The van der Waals surface area contributed by atoms with Crippen LogP contribution in [-0.4, -0.2) is 26.1 Å². The van der Waals surface area contributed by atoms with Gasteiger partial charge in [0.05, 0.1) is 5.75 Å². The molecule has 1 unspecified atom stereocenters. The van der Waals surface area contributed by atoms with E-state index in [1.165, 1.54) is 17.9 Å². The number of nitrogens with zero attached hydrogens (tertiary/aromatic N) is 1. The summed E-state index contributed by atoms with van der Waals surface area (Å²) in [5.74, 6) is -1.48. The fraction of sp³-hybridized carbons (Fsp3) is 0.278. The molecule has 0 aliphatic carbocycles. The van der Waals surface area contributed by atoms with Crippen LogP contribution in [0.15, 0.2) is 48.5 Å². The number of hydrogen-bond donors (Lipinski definition) is 0. The summed E-state index contributed by atoms with van der Waals surface area (Å²) >= 11 is 5.91. The van der Waals surface area contributed by atoms with E-state index >= 15 is 0 Å². The number of para-hydroxylation sites is 1. The summed E-state index contributed by atoms with van der Waals surface area (Å²) < 4.78 is 38.4. The topological polar surface area (TPSA) is 54.5 Å². The summed E-state index contributed by atoms with van der Waals surface area (Å²) in [4.78, 5) is 14.1. The van der Waals surface area contributed by atoms with Gasteiger partial charge in [-0.2, -0.15) is 0 Å². The fourth-order valence-corrected chi connectivity index (χ4v) is 4.11. The molecular weight excluding hydrogens is 365 g/mol. The Morgan fingerprint density at radius 2 is 1.84 bits per heavy atom. The van der Waals surface area contributed by atoms with Crippen LogP contribution < -0.4 is 4.90 Å². The Morgan fingerprint density at radius 1 is 1.20 bits per heavy atom. The largest absolute Gasteiger partial charge is 0.312 e. The zero-order chi connectivity index (χ0) is 18.6. The Labute approximate surface area is 152 Å². The maximum atomic E-state index is 13.1. The molecule has 134 valence electrons. The van der Waals surface area contributed by atoms with Crippen LogP contribution >= 0.6 is 11.6 Å². The molecule has 25 heavy (non-hydrogen) atoms. The van der Waals surface area contributed by atoms with Crippen molar-refractivity contribution in [2.75, 3.05) is 11.4 Å². The van der Waals surface area contributed by atoms with Crippen LogP contribution in [0, 0.1) is 5.82 Å². The van der Waals surface area contributed by atoms with Crippen molar-refractivity contribution in [3.8, 4) is 0 Å². The third kappa shape index (κ3) is 4.58. The van der Waals surface area contributed by atoms with E-state index < -0.39 is 32.6 Å². The molecule has 0 saturated carbocycles. The number of benzene rings is 2. The highest BCUT2D eigenvalue weighted by molar-refractivity contribution is 7.92. The molecule has 0 saturated heterocycles. The normalized spacial score (nSPS) is 12.6. The Morgan fingerprint density at radius 3 is 2.40 bits per heavy atom. The number of rotatable bonds is 6. The van der Waals surface area contributed by atoms with Gasteiger partial charge in [0.1, 0.15) is 11.1 Å². The van der Waals surface area contributed by atoms with Gasteiger partial charge in [0, 0.05) is 17.3 Å². The van der Waals surface area contributed by atoms with Crippen LogP contribution in [0.25, 0.3) is 0 Å². The van der Waals surface area contributed by atoms with Crippen LogP contribution in [0.1, 0.15) is 19.4 Å². The average molecular weight is 384 g/mol. The number of amides is 1. The maximum Gasteiger partial charge on any atom is 0.245 e. The van der Waals surface area contributed by atoms with E-state index in [1.54, 1.807) is 31.2 Å². The predicted octanol–water partition coefficient (Wildman–Crippen LogP) is 3.84. The summed E-state index contributed by atoms with van der Waals surface area (Å²) in [5, 5.41) is -1.22. The van der Waals surface area contributed by atoms with Crippen LogP contribution in [0.4, 0.5) is 10.1 Å². The second-order valence-electron chi connectivity index (χ2n) is 5.60. The first-order chi connectivity index (χ1) is 11.8. The molecule has 0 aliphatic rings. The van der Waals surface area contributed by atoms with Crippen molar-refractivity contribution >= 4 is 33.0 Å². The molecule has 2 aromatic rings. The smallest absolute Gasteiger partial charge is 0.245 e. The second kappa shape index (κ2) is 7.97. The van der Waals surface area contributed by atoms with Crippen molar-refractivity contribution in [1.29, 1.82) is 0 Å². The van der Waals surface area contributed by atoms with E-state index in [0.29, 0.717) is 12.2 Å². The van der Waals surface area contributed by atoms with Crippen LogP contribution in [-0.2, 0) is 20.4 Å². The van der Waals surface area contributed by atoms with E-state index in [0.717, 1.165) is 12.1 Å². The van der Waals surface area contributed by atoms with Crippen molar-refractivity contribution < 1.29 is 17.6 Å². The lowest BCUT2D eigenvalue weighted by molar-refractivity contribution is -0.117. The number of hydrogen-bond acceptors (Lipinski definition) is 3. The van der Waals surface area contributed by atoms with Crippen molar-refractivity contribution in [3.05, 3.63) is 64.9 Å². The van der Waals surface area contributed by atoms with Gasteiger partial charge in [0.2, 0.25) is 5.91 Å². The van der Waals surface area contributed by atoms with Gasteiger partial charge in [-0.15, -0.1) is 0 Å². The van der Waals surface area contributed by atoms with Gasteiger partial charge in [0.25, 0.3) is 0 Å². The van der Waals surface area contributed by atoms with Crippen molar-refractivity contribution in [2.45, 2.75) is 24.9 Å². The predicted molar refractivity (Wildman–Crippen MR) is 98.0 cm³/mol. The summed E-state index contributed by atoms with van der Waals surface area (Å²) in [6.45, 7) is 3.49. The van der Waals surface area contributed by atoms with Crippen LogP contribution in [0.5, 0.6) is 0 Å². The summed E-state index contributed by atoms with van der Waals surface area (Å²) in [5.41, 5.74) is 0.905. The van der Waals surface area contributed by atoms with Gasteiger partial charge in [-0.25, -0.2) is 12.8 Å². The molecule has 0 N–H and O–H groups in total. The number of anilines is 1. The molecule has 0 aliphatic heterocycles. The van der Waals surface area contributed by atoms with Gasteiger partial charge in [-0.1, -0.05) is 35.9 Å². The summed E-state index contributed by atoms with van der Waals surface area (Å²) in [6.07, 6.45) is 0. The SMILES string of the molecule is CCN(C(=O)C(C)S(=O)(=O)Cc1ccc(F)cc1Cl)c1ccccc1. The molecule has 2 aromatic carbocycles. The molecule has 0 bridgehead atoms. The molecule has 1 amide bonds. The molecular formula is C18H19ClFNO3S. The Balaban J connectivity index is 2.24. The highest BCUT2D eigenvalue weighted by Crippen LogP contribution is 2.23. The van der Waals surface area contributed by atoms with E-state index in [2.05, 4.69) is 0 Å². The zero-order valence-electron chi connectivity index (χ0n) is 13.9. The first kappa shape index (κ1) is 19.4. The Bertz CT molecular complexity index is 856.